The fourth-order valence-electron chi connectivity index (χ4n) is 2.12. The van der Waals surface area contributed by atoms with Gasteiger partial charge in [0.25, 0.3) is 5.69 Å². The molecule has 0 aliphatic heterocycles. The van der Waals surface area contributed by atoms with Crippen molar-refractivity contribution in [1.82, 2.24) is 9.80 Å². The number of rotatable bonds is 10. The van der Waals surface area contributed by atoms with Crippen molar-refractivity contribution in [1.29, 1.82) is 0 Å². The number of nitrogen functional groups attached to an aromatic ring is 1. The minimum atomic E-state index is -0.427. The highest BCUT2D eigenvalue weighted by molar-refractivity contribution is 5.65. The van der Waals surface area contributed by atoms with E-state index in [0.29, 0.717) is 25.6 Å². The first-order valence-corrected chi connectivity index (χ1v) is 10.8. The first kappa shape index (κ1) is 30.6. The highest BCUT2D eigenvalue weighted by atomic mass is 16.6. The Kier molecular flexibility index (Phi) is 16.3. The molecule has 0 atom stereocenters. The first-order chi connectivity index (χ1) is 16.0. The lowest BCUT2D eigenvalue weighted by Crippen LogP contribution is -2.19. The SMILES string of the molecule is CCOC(C)=O.CN(C)CCOc1ccc(N)cc1.CN(C)CCOc1ccc([N+](=O)[O-])cc1. The second-order valence-electron chi connectivity index (χ2n) is 7.55. The van der Waals surface area contributed by atoms with Crippen LogP contribution >= 0.6 is 0 Å². The number of hydrogen-bond donors (Lipinski definition) is 1. The lowest BCUT2D eigenvalue weighted by Gasteiger charge is -2.10. The molecule has 0 saturated heterocycles. The van der Waals surface area contributed by atoms with Gasteiger partial charge in [-0.15, -0.1) is 0 Å². The van der Waals surface area contributed by atoms with E-state index >= 15 is 0 Å². The molecule has 0 radical (unpaired) electrons. The fraction of sp³-hybridized carbons (Fsp3) is 0.458. The Labute approximate surface area is 202 Å². The van der Waals surface area contributed by atoms with E-state index in [4.69, 9.17) is 15.2 Å². The average Bonchev–Trinajstić information content (AvgIpc) is 2.76. The summed E-state index contributed by atoms with van der Waals surface area (Å²) in [5, 5.41) is 10.4. The summed E-state index contributed by atoms with van der Waals surface area (Å²) in [6, 6.07) is 13.5. The van der Waals surface area contributed by atoms with E-state index < -0.39 is 4.92 Å². The summed E-state index contributed by atoms with van der Waals surface area (Å²) in [5.74, 6) is 1.32. The number of ether oxygens (including phenoxy) is 3. The summed E-state index contributed by atoms with van der Waals surface area (Å²) in [6.45, 7) is 6.67. The molecule has 2 aromatic rings. The molecule has 10 nitrogen and oxygen atoms in total. The Morgan fingerprint density at radius 2 is 1.29 bits per heavy atom. The van der Waals surface area contributed by atoms with E-state index in [1.807, 2.05) is 57.4 Å². The van der Waals surface area contributed by atoms with Crippen molar-refractivity contribution in [2.24, 2.45) is 0 Å². The Bertz CT molecular complexity index is 811. The van der Waals surface area contributed by atoms with Crippen molar-refractivity contribution in [3.8, 4) is 11.5 Å². The van der Waals surface area contributed by atoms with Gasteiger partial charge < -0.3 is 29.7 Å². The number of benzene rings is 2. The summed E-state index contributed by atoms with van der Waals surface area (Å²) in [5.41, 5.74) is 6.38. The van der Waals surface area contributed by atoms with Gasteiger partial charge in [-0.25, -0.2) is 0 Å². The maximum absolute atomic E-state index is 10.4. The van der Waals surface area contributed by atoms with Crippen LogP contribution in [0.5, 0.6) is 11.5 Å². The number of non-ortho nitro benzene ring substituents is 1. The lowest BCUT2D eigenvalue weighted by atomic mass is 10.3. The zero-order valence-electron chi connectivity index (χ0n) is 21.0. The highest BCUT2D eigenvalue weighted by Gasteiger charge is 2.04. The van der Waals surface area contributed by atoms with Crippen LogP contribution in [0.3, 0.4) is 0 Å². The molecule has 0 aliphatic carbocycles. The Balaban J connectivity index is 0.000000524. The van der Waals surface area contributed by atoms with Crippen molar-refractivity contribution < 1.29 is 23.9 Å². The number of esters is 1. The number of anilines is 1. The second kappa shape index (κ2) is 18.1. The molecule has 10 heteroatoms. The summed E-state index contributed by atoms with van der Waals surface area (Å²) >= 11 is 0. The van der Waals surface area contributed by atoms with Crippen LogP contribution in [0.2, 0.25) is 0 Å². The lowest BCUT2D eigenvalue weighted by molar-refractivity contribution is -0.384. The summed E-state index contributed by atoms with van der Waals surface area (Å²) in [7, 11) is 7.96. The van der Waals surface area contributed by atoms with Crippen LogP contribution in [0.1, 0.15) is 13.8 Å². The van der Waals surface area contributed by atoms with Gasteiger partial charge in [-0.2, -0.15) is 0 Å². The number of nitrogens with zero attached hydrogens (tertiary/aromatic N) is 3. The van der Waals surface area contributed by atoms with E-state index in [-0.39, 0.29) is 11.7 Å². The molecule has 0 spiro atoms. The number of likely N-dealkylation sites (N-methyl/N-ethyl adjacent to an activating group) is 2. The largest absolute Gasteiger partial charge is 0.492 e. The van der Waals surface area contributed by atoms with Crippen LogP contribution in [0.25, 0.3) is 0 Å². The zero-order valence-corrected chi connectivity index (χ0v) is 21.0. The van der Waals surface area contributed by atoms with Crippen molar-refractivity contribution in [2.45, 2.75) is 13.8 Å². The van der Waals surface area contributed by atoms with Crippen molar-refractivity contribution in [3.05, 3.63) is 58.6 Å². The van der Waals surface area contributed by atoms with E-state index in [9.17, 15) is 14.9 Å². The first-order valence-electron chi connectivity index (χ1n) is 10.8. The van der Waals surface area contributed by atoms with E-state index in [2.05, 4.69) is 9.64 Å². The summed E-state index contributed by atoms with van der Waals surface area (Å²) in [6.07, 6.45) is 0. The molecule has 2 N–H and O–H groups in total. The van der Waals surface area contributed by atoms with E-state index in [1.165, 1.54) is 19.1 Å². The van der Waals surface area contributed by atoms with Crippen LogP contribution in [-0.2, 0) is 9.53 Å². The van der Waals surface area contributed by atoms with Gasteiger partial charge in [-0.1, -0.05) is 0 Å². The molecule has 0 aromatic heterocycles. The van der Waals surface area contributed by atoms with E-state index in [1.54, 1.807) is 19.1 Å². The summed E-state index contributed by atoms with van der Waals surface area (Å²) in [4.78, 5) is 23.9. The van der Waals surface area contributed by atoms with Crippen LogP contribution in [0.15, 0.2) is 48.5 Å². The number of carbonyl (C=O) groups is 1. The number of nitro benzene ring substituents is 1. The minimum Gasteiger partial charge on any atom is -0.492 e. The molecular weight excluding hydrogens is 440 g/mol. The monoisotopic (exact) mass is 478 g/mol. The maximum atomic E-state index is 10.4. The number of carbonyl (C=O) groups excluding carboxylic acids is 1. The normalized spacial score (nSPS) is 9.88. The Hall–Kier alpha value is -3.37. The molecule has 0 unspecified atom stereocenters. The predicted octanol–water partition coefficient (Wildman–Crippen LogP) is 3.31. The standard InChI is InChI=1S/C10H14N2O3.C10H16N2O.C4H8O2/c1-11(2)7-8-15-10-5-3-9(4-6-10)12(13)14;1-12(2)7-8-13-10-5-3-9(11)4-6-10;1-3-6-4(2)5/h3-6H,7-8H2,1-2H3;3-6H,7-8,11H2,1-2H3;3H2,1-2H3. The molecule has 2 rings (SSSR count). The maximum Gasteiger partial charge on any atom is 0.302 e. The highest BCUT2D eigenvalue weighted by Crippen LogP contribution is 2.17. The van der Waals surface area contributed by atoms with Gasteiger partial charge in [0.2, 0.25) is 0 Å². The van der Waals surface area contributed by atoms with Crippen LogP contribution in [0, 0.1) is 10.1 Å². The molecule has 0 bridgehead atoms. The third-order valence-corrected chi connectivity index (χ3v) is 3.89. The Morgan fingerprint density at radius 3 is 1.59 bits per heavy atom. The van der Waals surface area contributed by atoms with Crippen LogP contribution in [-0.4, -0.2) is 81.8 Å². The van der Waals surface area contributed by atoms with Gasteiger partial charge in [0.15, 0.2) is 0 Å². The molecule has 190 valence electrons. The van der Waals surface area contributed by atoms with Gasteiger partial charge in [0, 0.05) is 37.8 Å². The molecular formula is C24H38N4O6. The van der Waals surface area contributed by atoms with Gasteiger partial charge >= 0.3 is 5.97 Å². The number of hydrogen-bond acceptors (Lipinski definition) is 9. The fourth-order valence-corrected chi connectivity index (χ4v) is 2.12. The molecule has 0 saturated carbocycles. The zero-order chi connectivity index (χ0) is 25.9. The average molecular weight is 479 g/mol. The molecule has 0 amide bonds. The van der Waals surface area contributed by atoms with Gasteiger partial charge in [0.1, 0.15) is 24.7 Å². The van der Waals surface area contributed by atoms with E-state index in [0.717, 1.165) is 24.5 Å². The number of nitro groups is 1. The van der Waals surface area contributed by atoms with Crippen LogP contribution < -0.4 is 15.2 Å². The Morgan fingerprint density at radius 1 is 0.882 bits per heavy atom. The minimum absolute atomic E-state index is 0.0787. The summed E-state index contributed by atoms with van der Waals surface area (Å²) < 4.78 is 15.3. The number of nitrogens with two attached hydrogens (primary N) is 1. The van der Waals surface area contributed by atoms with Gasteiger partial charge in [-0.3, -0.25) is 14.9 Å². The molecule has 0 aliphatic rings. The van der Waals surface area contributed by atoms with Gasteiger partial charge in [0.05, 0.1) is 11.5 Å². The predicted molar refractivity (Wildman–Crippen MR) is 134 cm³/mol. The molecule has 34 heavy (non-hydrogen) atoms. The molecule has 0 heterocycles. The second-order valence-corrected chi connectivity index (χ2v) is 7.55. The van der Waals surface area contributed by atoms with Crippen molar-refractivity contribution >= 4 is 17.3 Å². The van der Waals surface area contributed by atoms with Gasteiger partial charge in [-0.05, 0) is 71.5 Å². The van der Waals surface area contributed by atoms with Crippen molar-refractivity contribution in [3.63, 3.8) is 0 Å². The van der Waals surface area contributed by atoms with Crippen LogP contribution in [0.4, 0.5) is 11.4 Å². The third-order valence-electron chi connectivity index (χ3n) is 3.89. The smallest absolute Gasteiger partial charge is 0.302 e. The molecule has 2 aromatic carbocycles. The topological polar surface area (TPSA) is 120 Å². The third kappa shape index (κ3) is 17.2. The quantitative estimate of drug-likeness (QED) is 0.237. The molecule has 0 fully saturated rings. The van der Waals surface area contributed by atoms with Crippen molar-refractivity contribution in [2.75, 3.05) is 66.8 Å².